The summed E-state index contributed by atoms with van der Waals surface area (Å²) in [5.41, 5.74) is 2.31. The number of anilines is 5. The third kappa shape index (κ3) is 5.82. The van der Waals surface area contributed by atoms with Crippen LogP contribution >= 0.6 is 0 Å². The Hall–Kier alpha value is -4.29. The van der Waals surface area contributed by atoms with E-state index in [1.54, 1.807) is 19.2 Å². The molecule has 2 saturated heterocycles. The highest BCUT2D eigenvalue weighted by Gasteiger charge is 2.31. The average Bonchev–Trinajstić information content (AvgIpc) is 3.43. The van der Waals surface area contributed by atoms with Gasteiger partial charge in [-0.15, -0.1) is 0 Å². The zero-order chi connectivity index (χ0) is 28.2. The summed E-state index contributed by atoms with van der Waals surface area (Å²) >= 11 is 0. The molecule has 1 aromatic heterocycles. The molecule has 10 nitrogen and oxygen atoms in total. The summed E-state index contributed by atoms with van der Waals surface area (Å²) in [6, 6.07) is 8.35. The summed E-state index contributed by atoms with van der Waals surface area (Å²) in [7, 11) is 3.65. The van der Waals surface area contributed by atoms with Gasteiger partial charge >= 0.3 is 0 Å². The van der Waals surface area contributed by atoms with Gasteiger partial charge in [-0.05, 0) is 25.3 Å². The summed E-state index contributed by atoms with van der Waals surface area (Å²) in [4.78, 5) is 31.2. The Morgan fingerprint density at radius 1 is 1.12 bits per heavy atom. The normalized spacial score (nSPS) is 17.6. The first-order valence-corrected chi connectivity index (χ1v) is 12.9. The SMILES string of the molecule is C=CC(=O)Nc1cc(Nc2cc(N3OCC[C@@H]3c3ccc(F)cc3F)ncn2)c(OC)cc1N1CCN(C)CC1. The summed E-state index contributed by atoms with van der Waals surface area (Å²) in [6.07, 6.45) is 3.09. The van der Waals surface area contributed by atoms with Crippen molar-refractivity contribution in [2.45, 2.75) is 12.5 Å². The lowest BCUT2D eigenvalue weighted by Crippen LogP contribution is -2.44. The number of halogens is 2. The smallest absolute Gasteiger partial charge is 0.247 e. The Morgan fingerprint density at radius 3 is 2.65 bits per heavy atom. The van der Waals surface area contributed by atoms with Gasteiger partial charge < -0.3 is 25.2 Å². The molecule has 2 aromatic carbocycles. The number of hydrogen-bond donors (Lipinski definition) is 2. The molecule has 0 bridgehead atoms. The molecule has 210 valence electrons. The van der Waals surface area contributed by atoms with Crippen LogP contribution in [-0.4, -0.2) is 67.7 Å². The van der Waals surface area contributed by atoms with Crippen molar-refractivity contribution in [3.8, 4) is 5.75 Å². The van der Waals surface area contributed by atoms with Gasteiger partial charge in [-0.2, -0.15) is 0 Å². The largest absolute Gasteiger partial charge is 0.494 e. The Labute approximate surface area is 231 Å². The van der Waals surface area contributed by atoms with E-state index in [0.717, 1.165) is 37.9 Å². The number of aromatic nitrogens is 2. The molecule has 3 heterocycles. The van der Waals surface area contributed by atoms with Crippen LogP contribution in [0.4, 0.5) is 37.5 Å². The number of piperazine rings is 1. The molecular weight excluding hydrogens is 520 g/mol. The van der Waals surface area contributed by atoms with Crippen LogP contribution in [0.15, 0.2) is 55.4 Å². The number of methoxy groups -OCH3 is 1. The molecule has 0 saturated carbocycles. The molecule has 1 amide bonds. The zero-order valence-electron chi connectivity index (χ0n) is 22.4. The number of likely N-dealkylation sites (N-methyl/N-ethyl adjacent to an activating group) is 1. The predicted molar refractivity (Wildman–Crippen MR) is 149 cm³/mol. The van der Waals surface area contributed by atoms with Crippen LogP contribution in [0, 0.1) is 11.6 Å². The lowest BCUT2D eigenvalue weighted by Gasteiger charge is -2.35. The van der Waals surface area contributed by atoms with Gasteiger partial charge in [0.15, 0.2) is 5.82 Å². The van der Waals surface area contributed by atoms with E-state index in [9.17, 15) is 13.6 Å². The van der Waals surface area contributed by atoms with Crippen molar-refractivity contribution in [3.63, 3.8) is 0 Å². The number of rotatable bonds is 8. The first-order valence-electron chi connectivity index (χ1n) is 12.9. The summed E-state index contributed by atoms with van der Waals surface area (Å²) in [5.74, 6) is -0.249. The number of benzene rings is 2. The molecular formula is C28H31F2N7O3. The van der Waals surface area contributed by atoms with Gasteiger partial charge in [-0.3, -0.25) is 9.63 Å². The lowest BCUT2D eigenvalue weighted by molar-refractivity contribution is -0.111. The second kappa shape index (κ2) is 11.8. The molecule has 40 heavy (non-hydrogen) atoms. The molecule has 2 fully saturated rings. The number of amides is 1. The van der Waals surface area contributed by atoms with Crippen LogP contribution in [0.3, 0.4) is 0 Å². The van der Waals surface area contributed by atoms with E-state index >= 15 is 0 Å². The Morgan fingerprint density at radius 2 is 1.93 bits per heavy atom. The number of carbonyl (C=O) groups excluding carboxylic acids is 1. The third-order valence-electron chi connectivity index (χ3n) is 6.97. The van der Waals surface area contributed by atoms with E-state index in [0.29, 0.717) is 47.4 Å². The van der Waals surface area contributed by atoms with Crippen molar-refractivity contribution in [2.24, 2.45) is 0 Å². The fourth-order valence-corrected chi connectivity index (χ4v) is 4.85. The predicted octanol–water partition coefficient (Wildman–Crippen LogP) is 4.27. The number of hydroxylamine groups is 1. The number of nitrogens with zero attached hydrogens (tertiary/aromatic N) is 5. The summed E-state index contributed by atoms with van der Waals surface area (Å²) in [6.45, 7) is 7.29. The molecule has 1 atom stereocenters. The summed E-state index contributed by atoms with van der Waals surface area (Å²) in [5, 5.41) is 7.65. The molecule has 2 aliphatic rings. The fourth-order valence-electron chi connectivity index (χ4n) is 4.85. The minimum atomic E-state index is -0.646. The van der Waals surface area contributed by atoms with Crippen LogP contribution < -0.4 is 25.3 Å². The van der Waals surface area contributed by atoms with Crippen molar-refractivity contribution in [1.29, 1.82) is 0 Å². The van der Waals surface area contributed by atoms with E-state index in [2.05, 4.69) is 44.0 Å². The molecule has 2 N–H and O–H groups in total. The second-order valence-corrected chi connectivity index (χ2v) is 9.57. The molecule has 0 unspecified atom stereocenters. The Balaban J connectivity index is 1.44. The number of hydrogen-bond acceptors (Lipinski definition) is 9. The Bertz CT molecular complexity index is 1400. The van der Waals surface area contributed by atoms with Crippen molar-refractivity contribution < 1.29 is 23.1 Å². The van der Waals surface area contributed by atoms with Crippen molar-refractivity contribution in [3.05, 3.63) is 72.6 Å². The molecule has 12 heteroatoms. The van der Waals surface area contributed by atoms with E-state index in [-0.39, 0.29) is 5.91 Å². The standard InChI is InChI=1S/C28H31F2N7O3/c1-4-28(38)34-21-14-22(25(39-3)15-24(21)36-10-8-35(2)9-11-36)33-26-16-27(32-17-31-26)37-23(7-12-40-37)19-6-5-18(29)13-20(19)30/h4-6,13-17,23H,1,7-12H2,2-3H3,(H,34,38)(H,31,32,33)/t23-/m1/s1. The number of ether oxygens (including phenoxy) is 1. The van der Waals surface area contributed by atoms with Crippen LogP contribution in [0.5, 0.6) is 5.75 Å². The molecule has 0 spiro atoms. The average molecular weight is 552 g/mol. The first kappa shape index (κ1) is 27.3. The molecule has 2 aliphatic heterocycles. The minimum absolute atomic E-state index is 0.316. The first-order chi connectivity index (χ1) is 19.4. The zero-order valence-corrected chi connectivity index (χ0v) is 22.4. The third-order valence-corrected chi connectivity index (χ3v) is 6.97. The van der Waals surface area contributed by atoms with Gasteiger partial charge in [0.25, 0.3) is 0 Å². The van der Waals surface area contributed by atoms with Crippen LogP contribution in [-0.2, 0) is 9.63 Å². The van der Waals surface area contributed by atoms with Crippen molar-refractivity contribution in [2.75, 3.05) is 67.5 Å². The maximum Gasteiger partial charge on any atom is 0.247 e. The number of carbonyl (C=O) groups is 1. The lowest BCUT2D eigenvalue weighted by atomic mass is 10.0. The van der Waals surface area contributed by atoms with Gasteiger partial charge in [0.1, 0.15) is 29.5 Å². The molecule has 0 radical (unpaired) electrons. The Kier molecular flexibility index (Phi) is 8.08. The van der Waals surface area contributed by atoms with E-state index < -0.39 is 17.7 Å². The van der Waals surface area contributed by atoms with Gasteiger partial charge in [-0.25, -0.2) is 23.8 Å². The highest BCUT2D eigenvalue weighted by molar-refractivity contribution is 6.02. The highest BCUT2D eigenvalue weighted by atomic mass is 19.1. The highest BCUT2D eigenvalue weighted by Crippen LogP contribution is 2.40. The van der Waals surface area contributed by atoms with Crippen LogP contribution in [0.25, 0.3) is 0 Å². The monoisotopic (exact) mass is 551 g/mol. The van der Waals surface area contributed by atoms with Gasteiger partial charge in [0.05, 0.1) is 36.8 Å². The summed E-state index contributed by atoms with van der Waals surface area (Å²) < 4.78 is 33.7. The van der Waals surface area contributed by atoms with E-state index in [1.165, 1.54) is 29.6 Å². The van der Waals surface area contributed by atoms with Gasteiger partial charge in [-0.1, -0.05) is 12.6 Å². The maximum atomic E-state index is 14.6. The topological polar surface area (TPSA) is 95.1 Å². The van der Waals surface area contributed by atoms with Crippen molar-refractivity contribution >= 4 is 34.6 Å². The fraction of sp³-hybridized carbons (Fsp3) is 0.321. The minimum Gasteiger partial charge on any atom is -0.494 e. The van der Waals surface area contributed by atoms with Gasteiger partial charge in [0.2, 0.25) is 5.91 Å². The van der Waals surface area contributed by atoms with E-state index in [1.807, 2.05) is 6.07 Å². The second-order valence-electron chi connectivity index (χ2n) is 9.57. The van der Waals surface area contributed by atoms with E-state index in [4.69, 9.17) is 9.57 Å². The number of nitrogens with one attached hydrogen (secondary N) is 2. The van der Waals surface area contributed by atoms with Crippen LogP contribution in [0.2, 0.25) is 0 Å². The molecule has 0 aliphatic carbocycles. The maximum absolute atomic E-state index is 14.6. The van der Waals surface area contributed by atoms with Crippen LogP contribution in [0.1, 0.15) is 18.0 Å². The molecule has 3 aromatic rings. The quantitative estimate of drug-likeness (QED) is 0.398. The van der Waals surface area contributed by atoms with Crippen molar-refractivity contribution in [1.82, 2.24) is 14.9 Å². The van der Waals surface area contributed by atoms with Gasteiger partial charge in [0, 0.05) is 56.4 Å². The molecule has 5 rings (SSSR count).